The molecule has 2 heterocycles. The quantitative estimate of drug-likeness (QED) is 0.914. The standard InChI is InChI=1S/C11H11BrN4O/c12-7-3-10(16(6-7)9-1-2-9)11(17)15-8-4-13-14-5-8/h3-6,9H,1-2H2,(H,13,14)(H,15,17). The molecule has 1 aliphatic carbocycles. The Labute approximate surface area is 106 Å². The van der Waals surface area contributed by atoms with E-state index in [9.17, 15) is 4.79 Å². The first-order chi connectivity index (χ1) is 8.24. The van der Waals surface area contributed by atoms with E-state index in [0.717, 1.165) is 17.3 Å². The summed E-state index contributed by atoms with van der Waals surface area (Å²) in [4.78, 5) is 12.1. The topological polar surface area (TPSA) is 62.7 Å². The Bertz CT molecular complexity index is 542. The molecule has 0 aliphatic heterocycles. The summed E-state index contributed by atoms with van der Waals surface area (Å²) in [7, 11) is 0. The Morgan fingerprint density at radius 1 is 1.59 bits per heavy atom. The fraction of sp³-hybridized carbons (Fsp3) is 0.273. The van der Waals surface area contributed by atoms with Crippen molar-refractivity contribution < 1.29 is 4.79 Å². The molecular formula is C11H11BrN4O. The van der Waals surface area contributed by atoms with E-state index in [4.69, 9.17) is 0 Å². The maximum absolute atomic E-state index is 12.1. The van der Waals surface area contributed by atoms with Crippen molar-refractivity contribution in [3.63, 3.8) is 0 Å². The van der Waals surface area contributed by atoms with Gasteiger partial charge in [0, 0.05) is 22.9 Å². The second kappa shape index (κ2) is 4.03. The van der Waals surface area contributed by atoms with Gasteiger partial charge in [-0.25, -0.2) is 0 Å². The van der Waals surface area contributed by atoms with Gasteiger partial charge in [-0.2, -0.15) is 5.10 Å². The van der Waals surface area contributed by atoms with Crippen LogP contribution in [-0.4, -0.2) is 20.7 Å². The van der Waals surface area contributed by atoms with Crippen LogP contribution in [0, 0.1) is 0 Å². The smallest absolute Gasteiger partial charge is 0.272 e. The number of anilines is 1. The van der Waals surface area contributed by atoms with Crippen molar-refractivity contribution in [1.29, 1.82) is 0 Å². The summed E-state index contributed by atoms with van der Waals surface area (Å²) in [5.41, 5.74) is 1.36. The van der Waals surface area contributed by atoms with Gasteiger partial charge in [0.25, 0.3) is 5.91 Å². The Hall–Kier alpha value is -1.56. The fourth-order valence-corrected chi connectivity index (χ4v) is 2.23. The summed E-state index contributed by atoms with van der Waals surface area (Å²) in [5.74, 6) is -0.107. The SMILES string of the molecule is O=C(Nc1cn[nH]c1)c1cc(Br)cn1C1CC1. The van der Waals surface area contributed by atoms with Crippen LogP contribution in [0.25, 0.3) is 0 Å². The summed E-state index contributed by atoms with van der Waals surface area (Å²) in [5, 5.41) is 9.25. The molecule has 6 heteroatoms. The van der Waals surface area contributed by atoms with E-state index in [-0.39, 0.29) is 5.91 Å². The first-order valence-corrected chi connectivity index (χ1v) is 6.21. The van der Waals surface area contributed by atoms with E-state index < -0.39 is 0 Å². The molecule has 88 valence electrons. The van der Waals surface area contributed by atoms with E-state index in [0.29, 0.717) is 17.4 Å². The largest absolute Gasteiger partial charge is 0.339 e. The molecule has 0 spiro atoms. The number of aromatic amines is 1. The minimum atomic E-state index is -0.107. The van der Waals surface area contributed by atoms with Gasteiger partial charge >= 0.3 is 0 Å². The highest BCUT2D eigenvalue weighted by molar-refractivity contribution is 9.10. The highest BCUT2D eigenvalue weighted by Crippen LogP contribution is 2.37. The number of carbonyl (C=O) groups is 1. The van der Waals surface area contributed by atoms with Crippen molar-refractivity contribution in [2.75, 3.05) is 5.32 Å². The first kappa shape index (κ1) is 10.6. The number of nitrogens with zero attached hydrogens (tertiary/aromatic N) is 2. The van der Waals surface area contributed by atoms with Gasteiger partial charge in [-0.15, -0.1) is 0 Å². The van der Waals surface area contributed by atoms with Gasteiger partial charge < -0.3 is 9.88 Å². The summed E-state index contributed by atoms with van der Waals surface area (Å²) in [6.45, 7) is 0. The van der Waals surface area contributed by atoms with Crippen molar-refractivity contribution in [2.24, 2.45) is 0 Å². The van der Waals surface area contributed by atoms with Crippen LogP contribution >= 0.6 is 15.9 Å². The van der Waals surface area contributed by atoms with Gasteiger partial charge in [-0.1, -0.05) is 0 Å². The second-order valence-electron chi connectivity index (χ2n) is 4.12. The molecule has 1 saturated carbocycles. The number of halogens is 1. The number of amides is 1. The molecule has 3 rings (SSSR count). The van der Waals surface area contributed by atoms with Crippen LogP contribution in [0.5, 0.6) is 0 Å². The number of aromatic nitrogens is 3. The van der Waals surface area contributed by atoms with Gasteiger partial charge in [-0.05, 0) is 34.8 Å². The highest BCUT2D eigenvalue weighted by atomic mass is 79.9. The third-order valence-corrected chi connectivity index (χ3v) is 3.18. The lowest BCUT2D eigenvalue weighted by molar-refractivity contribution is 0.101. The molecule has 2 N–H and O–H groups in total. The lowest BCUT2D eigenvalue weighted by atomic mass is 10.4. The average Bonchev–Trinajstić information content (AvgIpc) is 2.88. The Kier molecular flexibility index (Phi) is 2.51. The molecule has 0 aromatic carbocycles. The Morgan fingerprint density at radius 3 is 3.06 bits per heavy atom. The molecule has 17 heavy (non-hydrogen) atoms. The predicted octanol–water partition coefficient (Wildman–Crippen LogP) is 2.56. The van der Waals surface area contributed by atoms with Gasteiger partial charge in [0.15, 0.2) is 0 Å². The highest BCUT2D eigenvalue weighted by Gasteiger charge is 2.27. The number of carbonyl (C=O) groups excluding carboxylic acids is 1. The number of nitrogens with one attached hydrogen (secondary N) is 2. The summed E-state index contributed by atoms with van der Waals surface area (Å²) in [6, 6.07) is 2.32. The zero-order chi connectivity index (χ0) is 11.8. The molecule has 5 nitrogen and oxygen atoms in total. The molecule has 1 aliphatic rings. The van der Waals surface area contributed by atoms with E-state index in [1.165, 1.54) is 0 Å². The molecule has 1 fully saturated rings. The van der Waals surface area contributed by atoms with E-state index in [1.807, 2.05) is 16.8 Å². The maximum atomic E-state index is 12.1. The second-order valence-corrected chi connectivity index (χ2v) is 5.04. The fourth-order valence-electron chi connectivity index (χ4n) is 1.80. The minimum absolute atomic E-state index is 0.107. The zero-order valence-corrected chi connectivity index (χ0v) is 10.6. The van der Waals surface area contributed by atoms with Crippen LogP contribution in [0.3, 0.4) is 0 Å². The molecular weight excluding hydrogens is 284 g/mol. The predicted molar refractivity (Wildman–Crippen MR) is 66.9 cm³/mol. The normalized spacial score (nSPS) is 14.9. The van der Waals surface area contributed by atoms with Crippen LogP contribution in [0.2, 0.25) is 0 Å². The summed E-state index contributed by atoms with van der Waals surface area (Å²) >= 11 is 3.41. The molecule has 2 aromatic heterocycles. The first-order valence-electron chi connectivity index (χ1n) is 5.41. The monoisotopic (exact) mass is 294 g/mol. The van der Waals surface area contributed by atoms with E-state index in [2.05, 4.69) is 31.4 Å². The summed E-state index contributed by atoms with van der Waals surface area (Å²) < 4.78 is 2.96. The number of rotatable bonds is 3. The zero-order valence-electron chi connectivity index (χ0n) is 8.98. The van der Waals surface area contributed by atoms with Crippen LogP contribution in [0.1, 0.15) is 29.4 Å². The van der Waals surface area contributed by atoms with Gasteiger partial charge in [0.2, 0.25) is 0 Å². The Morgan fingerprint density at radius 2 is 2.41 bits per heavy atom. The van der Waals surface area contributed by atoms with Gasteiger partial charge in [0.1, 0.15) is 5.69 Å². The average molecular weight is 295 g/mol. The number of hydrogen-bond acceptors (Lipinski definition) is 2. The van der Waals surface area contributed by atoms with Crippen molar-refractivity contribution in [3.05, 3.63) is 34.8 Å². The van der Waals surface area contributed by atoms with E-state index in [1.54, 1.807) is 12.4 Å². The molecule has 0 bridgehead atoms. The van der Waals surface area contributed by atoms with Gasteiger partial charge in [-0.3, -0.25) is 9.89 Å². The Balaban J connectivity index is 1.85. The van der Waals surface area contributed by atoms with Crippen molar-refractivity contribution in [1.82, 2.24) is 14.8 Å². The van der Waals surface area contributed by atoms with Crippen molar-refractivity contribution >= 4 is 27.5 Å². The number of hydrogen-bond donors (Lipinski definition) is 2. The molecule has 0 unspecified atom stereocenters. The van der Waals surface area contributed by atoms with Crippen LogP contribution in [0.4, 0.5) is 5.69 Å². The molecule has 1 amide bonds. The number of H-pyrrole nitrogens is 1. The van der Waals surface area contributed by atoms with Crippen LogP contribution in [-0.2, 0) is 0 Å². The summed E-state index contributed by atoms with van der Waals surface area (Å²) in [6.07, 6.45) is 7.48. The van der Waals surface area contributed by atoms with Crippen molar-refractivity contribution in [3.8, 4) is 0 Å². The molecule has 0 saturated heterocycles. The van der Waals surface area contributed by atoms with Gasteiger partial charge in [0.05, 0.1) is 11.9 Å². The molecule has 2 aromatic rings. The lowest BCUT2D eigenvalue weighted by Gasteiger charge is -2.06. The van der Waals surface area contributed by atoms with Crippen LogP contribution in [0.15, 0.2) is 29.1 Å². The lowest BCUT2D eigenvalue weighted by Crippen LogP contribution is -2.15. The molecule has 0 atom stereocenters. The maximum Gasteiger partial charge on any atom is 0.272 e. The third kappa shape index (κ3) is 2.12. The van der Waals surface area contributed by atoms with Crippen molar-refractivity contribution in [2.45, 2.75) is 18.9 Å². The minimum Gasteiger partial charge on any atom is -0.339 e. The molecule has 0 radical (unpaired) electrons. The van der Waals surface area contributed by atoms with Crippen LogP contribution < -0.4 is 5.32 Å². The van der Waals surface area contributed by atoms with E-state index >= 15 is 0 Å². The third-order valence-electron chi connectivity index (χ3n) is 2.74.